The highest BCUT2D eigenvalue weighted by Gasteiger charge is 2.20. The molecule has 0 bridgehead atoms. The largest absolute Gasteiger partial charge is 0.359 e. The van der Waals surface area contributed by atoms with Crippen molar-refractivity contribution < 1.29 is 9.32 Å². The monoisotopic (exact) mass is 318 g/mol. The van der Waals surface area contributed by atoms with Gasteiger partial charge in [0.2, 0.25) is 0 Å². The first kappa shape index (κ1) is 16.6. The van der Waals surface area contributed by atoms with E-state index in [-0.39, 0.29) is 11.3 Å². The lowest BCUT2D eigenvalue weighted by atomic mass is 9.93. The third-order valence-corrected chi connectivity index (χ3v) is 3.99. The minimum Gasteiger partial charge on any atom is -0.359 e. The van der Waals surface area contributed by atoms with Gasteiger partial charge in [-0.15, -0.1) is 11.8 Å². The van der Waals surface area contributed by atoms with Gasteiger partial charge in [0.15, 0.2) is 5.82 Å². The van der Waals surface area contributed by atoms with Crippen LogP contribution in [0.2, 0.25) is 0 Å². The van der Waals surface area contributed by atoms with E-state index < -0.39 is 0 Å². The minimum atomic E-state index is -0.185. The molecule has 2 rings (SSSR count). The van der Waals surface area contributed by atoms with E-state index in [4.69, 9.17) is 4.52 Å². The van der Waals surface area contributed by atoms with Crippen LogP contribution in [0.3, 0.4) is 0 Å². The van der Waals surface area contributed by atoms with E-state index in [1.54, 1.807) is 17.8 Å². The standard InChI is InChI=1S/C17H22N2O2S/c1-11(2)22-13-8-6-12(7-9-13)16(20)18-15-10-14(21-19-15)17(3,4)5/h6-11H,1-5H3,(H,18,19,20). The van der Waals surface area contributed by atoms with Crippen LogP contribution in [0.25, 0.3) is 0 Å². The molecular weight excluding hydrogens is 296 g/mol. The predicted octanol–water partition coefficient (Wildman–Crippen LogP) is 4.72. The predicted molar refractivity (Wildman–Crippen MR) is 90.6 cm³/mol. The van der Waals surface area contributed by atoms with Crippen LogP contribution in [0, 0.1) is 0 Å². The molecule has 0 saturated carbocycles. The van der Waals surface area contributed by atoms with Gasteiger partial charge in [-0.05, 0) is 24.3 Å². The number of hydrogen-bond acceptors (Lipinski definition) is 4. The van der Waals surface area contributed by atoms with Crippen LogP contribution in [0.5, 0.6) is 0 Å². The van der Waals surface area contributed by atoms with Crippen LogP contribution in [0.1, 0.15) is 50.7 Å². The average molecular weight is 318 g/mol. The second-order valence-corrected chi connectivity index (χ2v) is 8.12. The molecule has 0 unspecified atom stereocenters. The molecule has 118 valence electrons. The number of thioether (sulfide) groups is 1. The molecule has 0 aliphatic carbocycles. The summed E-state index contributed by atoms with van der Waals surface area (Å²) in [6, 6.07) is 9.34. The molecule has 1 aromatic heterocycles. The van der Waals surface area contributed by atoms with E-state index in [0.29, 0.717) is 16.6 Å². The van der Waals surface area contributed by atoms with Crippen molar-refractivity contribution in [2.75, 3.05) is 5.32 Å². The quantitative estimate of drug-likeness (QED) is 0.828. The molecule has 1 N–H and O–H groups in total. The number of aromatic nitrogens is 1. The second-order valence-electron chi connectivity index (χ2n) is 6.47. The van der Waals surface area contributed by atoms with Crippen molar-refractivity contribution in [2.45, 2.75) is 50.2 Å². The average Bonchev–Trinajstić information content (AvgIpc) is 2.87. The number of benzene rings is 1. The van der Waals surface area contributed by atoms with Crippen LogP contribution in [0.4, 0.5) is 5.82 Å². The number of anilines is 1. The van der Waals surface area contributed by atoms with Crippen LogP contribution in [-0.4, -0.2) is 16.3 Å². The first-order chi connectivity index (χ1) is 10.3. The molecule has 0 fully saturated rings. The van der Waals surface area contributed by atoms with E-state index in [2.05, 4.69) is 24.3 Å². The van der Waals surface area contributed by atoms with Crippen LogP contribution >= 0.6 is 11.8 Å². The van der Waals surface area contributed by atoms with E-state index in [1.807, 2.05) is 45.0 Å². The van der Waals surface area contributed by atoms with E-state index in [1.165, 1.54) is 0 Å². The number of carbonyl (C=O) groups excluding carboxylic acids is 1. The normalized spacial score (nSPS) is 11.7. The Kier molecular flexibility index (Phi) is 4.96. The van der Waals surface area contributed by atoms with Gasteiger partial charge in [0.05, 0.1) is 0 Å². The maximum Gasteiger partial charge on any atom is 0.256 e. The third-order valence-electron chi connectivity index (χ3n) is 2.98. The maximum absolute atomic E-state index is 12.2. The summed E-state index contributed by atoms with van der Waals surface area (Å²) in [6.07, 6.45) is 0. The number of amides is 1. The van der Waals surface area contributed by atoms with Crippen LogP contribution < -0.4 is 5.32 Å². The van der Waals surface area contributed by atoms with Gasteiger partial charge in [-0.1, -0.05) is 39.8 Å². The Hall–Kier alpha value is -1.75. The summed E-state index contributed by atoms with van der Waals surface area (Å²) in [6.45, 7) is 10.4. The number of hydrogen-bond donors (Lipinski definition) is 1. The van der Waals surface area contributed by atoms with Crippen molar-refractivity contribution in [1.29, 1.82) is 0 Å². The summed E-state index contributed by atoms with van der Waals surface area (Å²) >= 11 is 1.77. The molecular formula is C17H22N2O2S. The molecule has 0 spiro atoms. The Morgan fingerprint density at radius 1 is 1.23 bits per heavy atom. The molecule has 1 heterocycles. The molecule has 5 heteroatoms. The first-order valence-corrected chi connectivity index (χ1v) is 8.19. The highest BCUT2D eigenvalue weighted by Crippen LogP contribution is 2.25. The van der Waals surface area contributed by atoms with Gasteiger partial charge in [-0.3, -0.25) is 4.79 Å². The number of nitrogens with one attached hydrogen (secondary N) is 1. The molecule has 4 nitrogen and oxygen atoms in total. The zero-order chi connectivity index (χ0) is 16.3. The van der Waals surface area contributed by atoms with Gasteiger partial charge in [0, 0.05) is 27.2 Å². The van der Waals surface area contributed by atoms with E-state index in [9.17, 15) is 4.79 Å². The SMILES string of the molecule is CC(C)Sc1ccc(C(=O)Nc2cc(C(C)(C)C)on2)cc1. The lowest BCUT2D eigenvalue weighted by Gasteiger charge is -2.12. The number of rotatable bonds is 4. The summed E-state index contributed by atoms with van der Waals surface area (Å²) in [5.74, 6) is 0.997. The molecule has 0 atom stereocenters. The number of carbonyl (C=O) groups is 1. The molecule has 0 aliphatic rings. The van der Waals surface area contributed by atoms with Crippen molar-refractivity contribution in [2.24, 2.45) is 0 Å². The highest BCUT2D eigenvalue weighted by atomic mass is 32.2. The molecule has 0 radical (unpaired) electrons. The zero-order valence-electron chi connectivity index (χ0n) is 13.6. The summed E-state index contributed by atoms with van der Waals surface area (Å²) in [5.41, 5.74) is 0.472. The fraction of sp³-hybridized carbons (Fsp3) is 0.412. The summed E-state index contributed by atoms with van der Waals surface area (Å²) < 4.78 is 5.26. The first-order valence-electron chi connectivity index (χ1n) is 7.31. The van der Waals surface area contributed by atoms with Gasteiger partial charge in [-0.25, -0.2) is 0 Å². The van der Waals surface area contributed by atoms with Crippen molar-refractivity contribution in [3.63, 3.8) is 0 Å². The minimum absolute atomic E-state index is 0.133. The fourth-order valence-electron chi connectivity index (χ4n) is 1.83. The summed E-state index contributed by atoms with van der Waals surface area (Å²) in [4.78, 5) is 13.4. The second kappa shape index (κ2) is 6.57. The lowest BCUT2D eigenvalue weighted by Crippen LogP contribution is -2.12. The Morgan fingerprint density at radius 2 is 1.86 bits per heavy atom. The van der Waals surface area contributed by atoms with Crippen molar-refractivity contribution in [3.8, 4) is 0 Å². The molecule has 1 amide bonds. The Morgan fingerprint density at radius 3 is 2.36 bits per heavy atom. The zero-order valence-corrected chi connectivity index (χ0v) is 14.5. The highest BCUT2D eigenvalue weighted by molar-refractivity contribution is 7.99. The van der Waals surface area contributed by atoms with Crippen molar-refractivity contribution in [1.82, 2.24) is 5.16 Å². The Bertz CT molecular complexity index is 639. The van der Waals surface area contributed by atoms with Gasteiger partial charge in [-0.2, -0.15) is 0 Å². The molecule has 2 aromatic rings. The maximum atomic E-state index is 12.2. The molecule has 0 aliphatic heterocycles. The van der Waals surface area contributed by atoms with Crippen molar-refractivity contribution in [3.05, 3.63) is 41.7 Å². The summed E-state index contributed by atoms with van der Waals surface area (Å²) in [5, 5.41) is 7.17. The van der Waals surface area contributed by atoms with Gasteiger partial charge in [0.25, 0.3) is 5.91 Å². The Balaban J connectivity index is 2.04. The van der Waals surface area contributed by atoms with Crippen LogP contribution in [0.15, 0.2) is 39.8 Å². The van der Waals surface area contributed by atoms with E-state index in [0.717, 1.165) is 10.7 Å². The molecule has 22 heavy (non-hydrogen) atoms. The smallest absolute Gasteiger partial charge is 0.256 e. The van der Waals surface area contributed by atoms with Gasteiger partial charge >= 0.3 is 0 Å². The molecule has 1 aromatic carbocycles. The van der Waals surface area contributed by atoms with Gasteiger partial charge in [0.1, 0.15) is 5.76 Å². The lowest BCUT2D eigenvalue weighted by molar-refractivity contribution is 0.102. The Labute approximate surface area is 135 Å². The molecule has 0 saturated heterocycles. The van der Waals surface area contributed by atoms with Crippen molar-refractivity contribution >= 4 is 23.5 Å². The van der Waals surface area contributed by atoms with Gasteiger partial charge < -0.3 is 9.84 Å². The topological polar surface area (TPSA) is 55.1 Å². The van der Waals surface area contributed by atoms with E-state index >= 15 is 0 Å². The van der Waals surface area contributed by atoms with Crippen LogP contribution in [-0.2, 0) is 5.41 Å². The summed E-state index contributed by atoms with van der Waals surface area (Å²) in [7, 11) is 0. The number of nitrogens with zero attached hydrogens (tertiary/aromatic N) is 1. The third kappa shape index (κ3) is 4.37. The fourth-order valence-corrected chi connectivity index (χ4v) is 2.67.